The van der Waals surface area contributed by atoms with E-state index in [4.69, 9.17) is 4.74 Å². The highest BCUT2D eigenvalue weighted by Crippen LogP contribution is 2.25. The van der Waals surface area contributed by atoms with Crippen LogP contribution in [0.25, 0.3) is 11.0 Å². The van der Waals surface area contributed by atoms with Crippen molar-refractivity contribution in [1.82, 2.24) is 25.2 Å². The minimum absolute atomic E-state index is 0.0884. The second kappa shape index (κ2) is 11.9. The van der Waals surface area contributed by atoms with Gasteiger partial charge in [0.25, 0.3) is 0 Å². The smallest absolute Gasteiger partial charge is 0.337 e. The van der Waals surface area contributed by atoms with Gasteiger partial charge < -0.3 is 15.0 Å². The molecule has 0 unspecified atom stereocenters. The Balaban J connectivity index is 1.73. The minimum Gasteiger partial charge on any atom is -0.465 e. The average molecular weight is 528 g/mol. The topological polar surface area (TPSA) is 106 Å². The molecule has 0 aliphatic rings. The number of carbonyl (C=O) groups is 3. The van der Waals surface area contributed by atoms with Crippen molar-refractivity contribution in [3.8, 4) is 0 Å². The summed E-state index contributed by atoms with van der Waals surface area (Å²) in [6.45, 7) is 5.87. The van der Waals surface area contributed by atoms with E-state index in [1.165, 1.54) is 7.11 Å². The number of methoxy groups -OCH3 is 1. The van der Waals surface area contributed by atoms with Gasteiger partial charge in [0.2, 0.25) is 11.8 Å². The monoisotopic (exact) mass is 527 g/mol. The van der Waals surface area contributed by atoms with Crippen molar-refractivity contribution in [3.63, 3.8) is 0 Å². The molecule has 1 atom stereocenters. The lowest BCUT2D eigenvalue weighted by Gasteiger charge is -2.34. The highest BCUT2D eigenvalue weighted by atomic mass is 16.5. The number of hydrogen-bond acceptors (Lipinski definition) is 6. The van der Waals surface area contributed by atoms with Gasteiger partial charge in [0.15, 0.2) is 0 Å². The maximum atomic E-state index is 14.0. The zero-order chi connectivity index (χ0) is 28.0. The van der Waals surface area contributed by atoms with E-state index in [0.717, 1.165) is 11.1 Å². The van der Waals surface area contributed by atoms with Gasteiger partial charge in [0.05, 0.1) is 18.2 Å². The highest BCUT2D eigenvalue weighted by molar-refractivity contribution is 5.91. The lowest BCUT2D eigenvalue weighted by atomic mass is 9.99. The van der Waals surface area contributed by atoms with Crippen LogP contribution in [0.1, 0.15) is 48.3 Å². The lowest BCUT2D eigenvalue weighted by Crippen LogP contribution is -2.50. The summed E-state index contributed by atoms with van der Waals surface area (Å²) in [5.74, 6) is -1.09. The Morgan fingerprint density at radius 2 is 1.62 bits per heavy atom. The van der Waals surface area contributed by atoms with E-state index < -0.39 is 17.6 Å². The van der Waals surface area contributed by atoms with Crippen LogP contribution in [0.5, 0.6) is 0 Å². The van der Waals surface area contributed by atoms with Crippen LogP contribution in [-0.4, -0.2) is 56.9 Å². The van der Waals surface area contributed by atoms with Crippen LogP contribution < -0.4 is 5.32 Å². The van der Waals surface area contributed by atoms with E-state index in [1.54, 1.807) is 33.8 Å². The predicted octanol–water partition coefficient (Wildman–Crippen LogP) is 3.95. The zero-order valence-corrected chi connectivity index (χ0v) is 22.6. The molecule has 2 amide bonds. The van der Waals surface area contributed by atoms with Gasteiger partial charge in [-0.15, -0.1) is 5.10 Å². The van der Waals surface area contributed by atoms with Gasteiger partial charge >= 0.3 is 5.97 Å². The van der Waals surface area contributed by atoms with Crippen LogP contribution in [0, 0.1) is 0 Å². The molecule has 0 saturated carbocycles. The number of nitrogens with zero attached hydrogens (tertiary/aromatic N) is 4. The molecule has 0 aliphatic carbocycles. The van der Waals surface area contributed by atoms with Crippen molar-refractivity contribution < 1.29 is 19.1 Å². The summed E-state index contributed by atoms with van der Waals surface area (Å²) in [4.78, 5) is 41.3. The van der Waals surface area contributed by atoms with Crippen LogP contribution in [0.4, 0.5) is 0 Å². The van der Waals surface area contributed by atoms with Crippen molar-refractivity contribution >= 4 is 28.8 Å². The van der Waals surface area contributed by atoms with Crippen LogP contribution in [0.15, 0.2) is 78.9 Å². The Labute approximate surface area is 227 Å². The summed E-state index contributed by atoms with van der Waals surface area (Å²) in [6, 6.07) is 22.8. The van der Waals surface area contributed by atoms with E-state index in [-0.39, 0.29) is 24.9 Å². The number of para-hydroxylation sites is 1. The molecule has 0 saturated heterocycles. The highest BCUT2D eigenvalue weighted by Gasteiger charge is 2.33. The molecule has 0 fully saturated rings. The Kier molecular flexibility index (Phi) is 8.39. The summed E-state index contributed by atoms with van der Waals surface area (Å²) >= 11 is 0. The molecule has 9 heteroatoms. The fourth-order valence-corrected chi connectivity index (χ4v) is 4.38. The molecule has 4 aromatic rings. The van der Waals surface area contributed by atoms with Crippen LogP contribution in [-0.2, 0) is 27.3 Å². The van der Waals surface area contributed by atoms with E-state index in [9.17, 15) is 14.4 Å². The first kappa shape index (κ1) is 27.5. The van der Waals surface area contributed by atoms with Crippen molar-refractivity contribution in [2.45, 2.75) is 45.3 Å². The van der Waals surface area contributed by atoms with Crippen LogP contribution >= 0.6 is 0 Å². The summed E-state index contributed by atoms with van der Waals surface area (Å²) in [6.07, 6.45) is 0.546. The molecule has 0 radical (unpaired) electrons. The molecule has 0 spiro atoms. The van der Waals surface area contributed by atoms with Crippen molar-refractivity contribution in [1.29, 1.82) is 0 Å². The number of carbonyl (C=O) groups excluding carboxylic acids is 3. The van der Waals surface area contributed by atoms with Crippen LogP contribution in [0.3, 0.4) is 0 Å². The summed E-state index contributed by atoms with van der Waals surface area (Å²) in [5, 5.41) is 11.4. The third-order valence-corrected chi connectivity index (χ3v) is 6.22. The minimum atomic E-state index is -0.943. The SMILES string of the molecule is COC(=O)c1ccc([C@@H](C(=O)NC(C)(C)C)N(CCc2ccccc2)C(=O)Cn2nnc3ccccc32)cc1. The molecule has 9 nitrogen and oxygen atoms in total. The Morgan fingerprint density at radius 3 is 2.28 bits per heavy atom. The Morgan fingerprint density at radius 1 is 0.949 bits per heavy atom. The normalized spacial score (nSPS) is 12.1. The van der Waals surface area contributed by atoms with E-state index >= 15 is 0 Å². The molecule has 1 aromatic heterocycles. The van der Waals surface area contributed by atoms with Gasteiger partial charge in [-0.3, -0.25) is 9.59 Å². The number of nitrogens with one attached hydrogen (secondary N) is 1. The third kappa shape index (κ3) is 6.87. The number of fused-ring (bicyclic) bond motifs is 1. The van der Waals surface area contributed by atoms with Crippen molar-refractivity contribution in [3.05, 3.63) is 95.6 Å². The second-order valence-electron chi connectivity index (χ2n) is 10.3. The zero-order valence-electron chi connectivity index (χ0n) is 22.6. The largest absolute Gasteiger partial charge is 0.465 e. The molecule has 0 aliphatic heterocycles. The fourth-order valence-electron chi connectivity index (χ4n) is 4.38. The first-order valence-electron chi connectivity index (χ1n) is 12.8. The van der Waals surface area contributed by atoms with Crippen molar-refractivity contribution in [2.75, 3.05) is 13.7 Å². The van der Waals surface area contributed by atoms with E-state index in [2.05, 4.69) is 15.6 Å². The first-order valence-corrected chi connectivity index (χ1v) is 12.8. The lowest BCUT2D eigenvalue weighted by molar-refractivity contribution is -0.142. The van der Waals surface area contributed by atoms with Gasteiger partial charge in [-0.2, -0.15) is 0 Å². The third-order valence-electron chi connectivity index (χ3n) is 6.22. The summed E-state index contributed by atoms with van der Waals surface area (Å²) in [7, 11) is 1.31. The number of ether oxygens (including phenoxy) is 1. The maximum absolute atomic E-state index is 14.0. The number of hydrogen-bond donors (Lipinski definition) is 1. The Hall–Kier alpha value is -4.53. The van der Waals surface area contributed by atoms with Crippen molar-refractivity contribution in [2.24, 2.45) is 0 Å². The van der Waals surface area contributed by atoms with Gasteiger partial charge in [0, 0.05) is 12.1 Å². The van der Waals surface area contributed by atoms with Crippen LogP contribution in [0.2, 0.25) is 0 Å². The number of esters is 1. The van der Waals surface area contributed by atoms with E-state index in [0.29, 0.717) is 23.1 Å². The molecule has 1 heterocycles. The number of rotatable bonds is 9. The molecule has 4 rings (SSSR count). The number of aromatic nitrogens is 3. The standard InChI is InChI=1S/C30H33N5O4/c1-30(2,3)31-28(37)27(22-14-16-23(17-15-22)29(38)39-4)34(19-18-21-10-6-5-7-11-21)26(36)20-35-25-13-9-8-12-24(25)32-33-35/h5-17,27H,18-20H2,1-4H3,(H,31,37)/t27-/m0/s1. The van der Waals surface area contributed by atoms with E-state index in [1.807, 2.05) is 75.4 Å². The van der Waals surface area contributed by atoms with Gasteiger partial charge in [-0.05, 0) is 62.6 Å². The first-order chi connectivity index (χ1) is 18.7. The fraction of sp³-hybridized carbons (Fsp3) is 0.300. The Bertz CT molecular complexity index is 1440. The summed E-state index contributed by atoms with van der Waals surface area (Å²) < 4.78 is 6.37. The molecular formula is C30H33N5O4. The van der Waals surface area contributed by atoms with Gasteiger partial charge in [0.1, 0.15) is 18.1 Å². The number of benzene rings is 3. The second-order valence-corrected chi connectivity index (χ2v) is 10.3. The predicted molar refractivity (Wildman–Crippen MR) is 148 cm³/mol. The van der Waals surface area contributed by atoms with Gasteiger partial charge in [-0.1, -0.05) is 59.8 Å². The molecule has 202 valence electrons. The molecular weight excluding hydrogens is 494 g/mol. The molecule has 0 bridgehead atoms. The average Bonchev–Trinajstić information content (AvgIpc) is 3.32. The quantitative estimate of drug-likeness (QED) is 0.331. The van der Waals surface area contributed by atoms with Gasteiger partial charge in [-0.25, -0.2) is 9.48 Å². The maximum Gasteiger partial charge on any atom is 0.337 e. The number of amides is 2. The molecule has 3 aromatic carbocycles. The molecule has 1 N–H and O–H groups in total. The molecule has 39 heavy (non-hydrogen) atoms. The summed E-state index contributed by atoms with van der Waals surface area (Å²) in [5.41, 5.74) is 2.85.